The lowest BCUT2D eigenvalue weighted by Crippen LogP contribution is -2.12. The fourth-order valence-corrected chi connectivity index (χ4v) is 1.88. The molecule has 0 amide bonds. The van der Waals surface area contributed by atoms with Gasteiger partial charge in [0.05, 0.1) is 11.5 Å². The van der Waals surface area contributed by atoms with Gasteiger partial charge < -0.3 is 15.2 Å². The topological polar surface area (TPSA) is 111 Å². The van der Waals surface area contributed by atoms with Gasteiger partial charge in [0.25, 0.3) is 0 Å². The summed E-state index contributed by atoms with van der Waals surface area (Å²) < 4.78 is 1.83. The van der Waals surface area contributed by atoms with Gasteiger partial charge in [-0.05, 0) is 13.8 Å². The van der Waals surface area contributed by atoms with Crippen LogP contribution in [0.25, 0.3) is 0 Å². The Bertz CT molecular complexity index is 653. The fraction of sp³-hybridized carbons (Fsp3) is 0.417. The smallest absolute Gasteiger partial charge is 0.332 e. The summed E-state index contributed by atoms with van der Waals surface area (Å²) >= 11 is 0. The van der Waals surface area contributed by atoms with Crippen LogP contribution in [0.1, 0.15) is 18.4 Å². The molecule has 2 aromatic rings. The average Bonchev–Trinajstić information content (AvgIpc) is 2.81. The van der Waals surface area contributed by atoms with Crippen molar-refractivity contribution < 1.29 is 4.92 Å². The van der Waals surface area contributed by atoms with Crippen LogP contribution in [0.4, 0.5) is 17.5 Å². The van der Waals surface area contributed by atoms with Crippen molar-refractivity contribution in [3.8, 4) is 0 Å². The fourth-order valence-electron chi connectivity index (χ4n) is 1.88. The second kappa shape index (κ2) is 6.16. The molecule has 0 saturated carbocycles. The highest BCUT2D eigenvalue weighted by Gasteiger charge is 2.22. The van der Waals surface area contributed by atoms with Crippen LogP contribution in [-0.2, 0) is 13.6 Å². The molecule has 2 rings (SSSR count). The standard InChI is InChI=1S/C12H17N7O2/c1-4-13-12-16-8(2)10(19(20)21)11(17-12)15-7-9-14-5-6-18(9)3/h5-6H,4,7H2,1-3H3,(H2,13,15,16,17). The van der Waals surface area contributed by atoms with Crippen LogP contribution >= 0.6 is 0 Å². The van der Waals surface area contributed by atoms with E-state index in [9.17, 15) is 10.1 Å². The number of hydrogen-bond donors (Lipinski definition) is 2. The highest BCUT2D eigenvalue weighted by atomic mass is 16.6. The highest BCUT2D eigenvalue weighted by molar-refractivity contribution is 5.60. The zero-order chi connectivity index (χ0) is 15.4. The molecule has 0 aliphatic rings. The van der Waals surface area contributed by atoms with Crippen molar-refractivity contribution in [3.05, 3.63) is 34.0 Å². The lowest BCUT2D eigenvalue weighted by molar-refractivity contribution is -0.385. The number of imidazole rings is 1. The zero-order valence-corrected chi connectivity index (χ0v) is 12.1. The molecule has 9 heteroatoms. The van der Waals surface area contributed by atoms with Gasteiger partial charge in [0.1, 0.15) is 11.5 Å². The largest absolute Gasteiger partial charge is 0.357 e. The third-order valence-electron chi connectivity index (χ3n) is 2.91. The molecule has 0 saturated heterocycles. The van der Waals surface area contributed by atoms with E-state index in [1.807, 2.05) is 18.5 Å². The molecule has 0 aliphatic heterocycles. The third-order valence-corrected chi connectivity index (χ3v) is 2.91. The van der Waals surface area contributed by atoms with E-state index in [0.29, 0.717) is 24.7 Å². The Morgan fingerprint density at radius 1 is 1.38 bits per heavy atom. The molecule has 0 unspecified atom stereocenters. The number of aryl methyl sites for hydroxylation is 2. The summed E-state index contributed by atoms with van der Waals surface area (Å²) in [6.45, 7) is 4.47. The van der Waals surface area contributed by atoms with Crippen LogP contribution in [0.3, 0.4) is 0 Å². The summed E-state index contributed by atoms with van der Waals surface area (Å²) in [5, 5.41) is 17.1. The van der Waals surface area contributed by atoms with Gasteiger partial charge in [-0.3, -0.25) is 10.1 Å². The Hall–Kier alpha value is -2.71. The number of anilines is 2. The summed E-state index contributed by atoms with van der Waals surface area (Å²) in [5.74, 6) is 1.31. The molecule has 2 aromatic heterocycles. The quantitative estimate of drug-likeness (QED) is 0.612. The molecule has 0 atom stereocenters. The molecule has 2 heterocycles. The summed E-state index contributed by atoms with van der Waals surface area (Å²) in [6.07, 6.45) is 3.47. The number of hydrogen-bond acceptors (Lipinski definition) is 7. The monoisotopic (exact) mass is 291 g/mol. The minimum absolute atomic E-state index is 0.120. The molecule has 21 heavy (non-hydrogen) atoms. The van der Waals surface area contributed by atoms with Crippen molar-refractivity contribution in [2.24, 2.45) is 7.05 Å². The zero-order valence-electron chi connectivity index (χ0n) is 12.1. The van der Waals surface area contributed by atoms with Crippen LogP contribution < -0.4 is 10.6 Å². The van der Waals surface area contributed by atoms with Crippen LogP contribution in [0, 0.1) is 17.0 Å². The van der Waals surface area contributed by atoms with Gasteiger partial charge in [-0.15, -0.1) is 0 Å². The molecule has 9 nitrogen and oxygen atoms in total. The molecular formula is C12H17N7O2. The van der Waals surface area contributed by atoms with E-state index in [4.69, 9.17) is 0 Å². The van der Waals surface area contributed by atoms with E-state index >= 15 is 0 Å². The van der Waals surface area contributed by atoms with Crippen LogP contribution in [0.2, 0.25) is 0 Å². The predicted molar refractivity (Wildman–Crippen MR) is 78.1 cm³/mol. The van der Waals surface area contributed by atoms with E-state index in [0.717, 1.165) is 5.82 Å². The molecule has 0 radical (unpaired) electrons. The summed E-state index contributed by atoms with van der Waals surface area (Å²) in [6, 6.07) is 0. The number of aromatic nitrogens is 4. The van der Waals surface area contributed by atoms with Crippen LogP contribution in [0.15, 0.2) is 12.4 Å². The van der Waals surface area contributed by atoms with Gasteiger partial charge in [0.2, 0.25) is 11.8 Å². The maximum atomic E-state index is 11.2. The minimum atomic E-state index is -0.480. The summed E-state index contributed by atoms with van der Waals surface area (Å²) in [7, 11) is 1.85. The first-order valence-corrected chi connectivity index (χ1v) is 6.50. The van der Waals surface area contributed by atoms with Gasteiger partial charge in [-0.2, -0.15) is 4.98 Å². The maximum absolute atomic E-state index is 11.2. The number of nitrogens with one attached hydrogen (secondary N) is 2. The summed E-state index contributed by atoms with van der Waals surface area (Å²) in [4.78, 5) is 23.1. The van der Waals surface area contributed by atoms with E-state index in [-0.39, 0.29) is 11.5 Å². The Morgan fingerprint density at radius 2 is 2.14 bits per heavy atom. The molecular weight excluding hydrogens is 274 g/mol. The van der Waals surface area contributed by atoms with Crippen LogP contribution in [0.5, 0.6) is 0 Å². The van der Waals surface area contributed by atoms with Gasteiger partial charge in [0, 0.05) is 26.0 Å². The highest BCUT2D eigenvalue weighted by Crippen LogP contribution is 2.26. The lowest BCUT2D eigenvalue weighted by atomic mass is 10.3. The van der Waals surface area contributed by atoms with Crippen molar-refractivity contribution in [1.82, 2.24) is 19.5 Å². The van der Waals surface area contributed by atoms with Gasteiger partial charge in [0.15, 0.2) is 0 Å². The number of rotatable bonds is 6. The lowest BCUT2D eigenvalue weighted by Gasteiger charge is -2.10. The minimum Gasteiger partial charge on any atom is -0.357 e. The first-order chi connectivity index (χ1) is 10.0. The van der Waals surface area contributed by atoms with Crippen molar-refractivity contribution in [2.75, 3.05) is 17.2 Å². The average molecular weight is 291 g/mol. The van der Waals surface area contributed by atoms with Crippen molar-refractivity contribution in [3.63, 3.8) is 0 Å². The molecule has 0 aromatic carbocycles. The molecule has 0 spiro atoms. The Labute approximate surface area is 121 Å². The van der Waals surface area contributed by atoms with E-state index in [1.54, 1.807) is 19.3 Å². The van der Waals surface area contributed by atoms with Gasteiger partial charge in [-0.25, -0.2) is 9.97 Å². The molecule has 0 fully saturated rings. The van der Waals surface area contributed by atoms with Gasteiger partial charge in [-0.1, -0.05) is 0 Å². The molecule has 2 N–H and O–H groups in total. The van der Waals surface area contributed by atoms with Crippen molar-refractivity contribution in [1.29, 1.82) is 0 Å². The van der Waals surface area contributed by atoms with Crippen LogP contribution in [-0.4, -0.2) is 31.0 Å². The Balaban J connectivity index is 2.30. The Kier molecular flexibility index (Phi) is 4.31. The van der Waals surface area contributed by atoms with E-state index in [2.05, 4.69) is 25.6 Å². The second-order valence-corrected chi connectivity index (χ2v) is 4.43. The van der Waals surface area contributed by atoms with E-state index in [1.165, 1.54) is 0 Å². The van der Waals surface area contributed by atoms with Gasteiger partial charge >= 0.3 is 5.69 Å². The first kappa shape index (κ1) is 14.7. The summed E-state index contributed by atoms with van der Waals surface area (Å²) in [5.41, 5.74) is 0.194. The maximum Gasteiger partial charge on any atom is 0.332 e. The Morgan fingerprint density at radius 3 is 2.71 bits per heavy atom. The van der Waals surface area contributed by atoms with E-state index < -0.39 is 4.92 Å². The van der Waals surface area contributed by atoms with Crippen molar-refractivity contribution in [2.45, 2.75) is 20.4 Å². The third kappa shape index (κ3) is 3.25. The first-order valence-electron chi connectivity index (χ1n) is 6.50. The molecule has 112 valence electrons. The molecule has 0 bridgehead atoms. The number of nitro groups is 1. The predicted octanol–water partition coefficient (Wildman–Crippen LogP) is 1.47. The van der Waals surface area contributed by atoms with Crippen molar-refractivity contribution >= 4 is 17.5 Å². The second-order valence-electron chi connectivity index (χ2n) is 4.43. The number of nitrogens with zero attached hydrogens (tertiary/aromatic N) is 5. The normalized spacial score (nSPS) is 10.4. The molecule has 0 aliphatic carbocycles. The SMILES string of the molecule is CCNc1nc(C)c([N+](=O)[O-])c(NCc2nccn2C)n1.